The standard InChI is InChI=1S/C17H13IOS/c18-13-7-5-12(6-8-13)11-20-17-10-9-16(19)14-3-1-2-4-15(14)17/h1-10,19H,11H2. The Morgan fingerprint density at radius 1 is 0.850 bits per heavy atom. The summed E-state index contributed by atoms with van der Waals surface area (Å²) in [6.07, 6.45) is 0. The third-order valence-electron chi connectivity index (χ3n) is 3.17. The van der Waals surface area contributed by atoms with Gasteiger partial charge < -0.3 is 5.11 Å². The van der Waals surface area contributed by atoms with Gasteiger partial charge in [0.15, 0.2) is 0 Å². The molecule has 0 atom stereocenters. The molecule has 0 fully saturated rings. The second kappa shape index (κ2) is 6.06. The Kier molecular flexibility index (Phi) is 4.17. The zero-order valence-corrected chi connectivity index (χ0v) is 13.7. The summed E-state index contributed by atoms with van der Waals surface area (Å²) in [5, 5.41) is 11.9. The molecule has 0 heterocycles. The molecule has 0 radical (unpaired) electrons. The molecule has 3 aromatic rings. The van der Waals surface area contributed by atoms with Crippen LogP contribution >= 0.6 is 34.4 Å². The van der Waals surface area contributed by atoms with Gasteiger partial charge in [-0.2, -0.15) is 0 Å². The Morgan fingerprint density at radius 2 is 1.55 bits per heavy atom. The van der Waals surface area contributed by atoms with Crippen molar-refractivity contribution in [2.75, 3.05) is 0 Å². The van der Waals surface area contributed by atoms with E-state index in [0.717, 1.165) is 16.5 Å². The maximum atomic E-state index is 9.90. The van der Waals surface area contributed by atoms with Crippen molar-refractivity contribution >= 4 is 45.1 Å². The first-order valence-corrected chi connectivity index (χ1v) is 8.38. The van der Waals surface area contributed by atoms with Crippen LogP contribution in [0.4, 0.5) is 0 Å². The van der Waals surface area contributed by atoms with E-state index in [1.165, 1.54) is 14.0 Å². The van der Waals surface area contributed by atoms with E-state index in [2.05, 4.69) is 52.9 Å². The van der Waals surface area contributed by atoms with Crippen LogP contribution in [-0.2, 0) is 5.75 Å². The lowest BCUT2D eigenvalue weighted by molar-refractivity contribution is 0.481. The van der Waals surface area contributed by atoms with Crippen molar-refractivity contribution in [3.63, 3.8) is 0 Å². The SMILES string of the molecule is Oc1ccc(SCc2ccc(I)cc2)c2ccccc12. The van der Waals surface area contributed by atoms with Crippen LogP contribution in [0.1, 0.15) is 5.56 Å². The van der Waals surface area contributed by atoms with E-state index in [1.807, 2.05) is 24.3 Å². The molecule has 1 N–H and O–H groups in total. The van der Waals surface area contributed by atoms with E-state index in [1.54, 1.807) is 17.8 Å². The first-order chi connectivity index (χ1) is 9.74. The van der Waals surface area contributed by atoms with Crippen molar-refractivity contribution in [3.05, 3.63) is 69.8 Å². The first kappa shape index (κ1) is 13.8. The Morgan fingerprint density at radius 3 is 2.30 bits per heavy atom. The summed E-state index contributed by atoms with van der Waals surface area (Å²) in [4.78, 5) is 1.21. The minimum absolute atomic E-state index is 0.346. The smallest absolute Gasteiger partial charge is 0.123 e. The first-order valence-electron chi connectivity index (χ1n) is 6.32. The van der Waals surface area contributed by atoms with Crippen molar-refractivity contribution in [1.29, 1.82) is 0 Å². The monoisotopic (exact) mass is 392 g/mol. The van der Waals surface area contributed by atoms with Gasteiger partial charge in [0, 0.05) is 19.6 Å². The lowest BCUT2D eigenvalue weighted by Crippen LogP contribution is -1.83. The molecule has 0 unspecified atom stereocenters. The lowest BCUT2D eigenvalue weighted by Gasteiger charge is -2.08. The maximum Gasteiger partial charge on any atom is 0.123 e. The molecular formula is C17H13IOS. The molecule has 0 aliphatic heterocycles. The Hall–Kier alpha value is -1.20. The molecule has 3 heteroatoms. The molecule has 0 aliphatic carbocycles. The summed E-state index contributed by atoms with van der Waals surface area (Å²) in [6, 6.07) is 20.3. The zero-order chi connectivity index (χ0) is 13.9. The van der Waals surface area contributed by atoms with Gasteiger partial charge in [0.05, 0.1) is 0 Å². The van der Waals surface area contributed by atoms with E-state index in [0.29, 0.717) is 5.75 Å². The summed E-state index contributed by atoms with van der Waals surface area (Å²) in [5.74, 6) is 1.28. The van der Waals surface area contributed by atoms with Gasteiger partial charge in [-0.25, -0.2) is 0 Å². The molecular weight excluding hydrogens is 379 g/mol. The van der Waals surface area contributed by atoms with Crippen LogP contribution < -0.4 is 0 Å². The molecule has 0 aliphatic rings. The highest BCUT2D eigenvalue weighted by molar-refractivity contribution is 14.1. The van der Waals surface area contributed by atoms with Crippen LogP contribution in [0.2, 0.25) is 0 Å². The highest BCUT2D eigenvalue weighted by Crippen LogP contribution is 2.34. The number of hydrogen-bond acceptors (Lipinski definition) is 2. The number of hydrogen-bond donors (Lipinski definition) is 1. The Bertz CT molecular complexity index is 738. The molecule has 1 nitrogen and oxygen atoms in total. The average Bonchev–Trinajstić information content (AvgIpc) is 2.49. The molecule has 0 amide bonds. The number of phenols is 1. The predicted molar refractivity (Wildman–Crippen MR) is 94.3 cm³/mol. The lowest BCUT2D eigenvalue weighted by atomic mass is 10.1. The van der Waals surface area contributed by atoms with E-state index >= 15 is 0 Å². The predicted octanol–water partition coefficient (Wildman–Crippen LogP) is 5.44. The van der Waals surface area contributed by atoms with Gasteiger partial charge >= 0.3 is 0 Å². The highest BCUT2D eigenvalue weighted by Gasteiger charge is 2.05. The van der Waals surface area contributed by atoms with Crippen molar-refractivity contribution in [2.45, 2.75) is 10.6 Å². The van der Waals surface area contributed by atoms with E-state index in [4.69, 9.17) is 0 Å². The van der Waals surface area contributed by atoms with Crippen molar-refractivity contribution < 1.29 is 5.11 Å². The molecule has 0 aromatic heterocycles. The van der Waals surface area contributed by atoms with Crippen molar-refractivity contribution in [2.24, 2.45) is 0 Å². The topological polar surface area (TPSA) is 20.2 Å². The second-order valence-corrected chi connectivity index (χ2v) is 6.81. The number of benzene rings is 3. The summed E-state index contributed by atoms with van der Waals surface area (Å²) in [7, 11) is 0. The van der Waals surface area contributed by atoms with Gasteiger partial charge in [-0.05, 0) is 57.8 Å². The zero-order valence-electron chi connectivity index (χ0n) is 10.7. The second-order valence-electron chi connectivity index (χ2n) is 4.54. The maximum absolute atomic E-state index is 9.90. The van der Waals surface area contributed by atoms with E-state index in [9.17, 15) is 5.11 Å². The van der Waals surface area contributed by atoms with Crippen LogP contribution in [0.25, 0.3) is 10.8 Å². The number of phenolic OH excluding ortho intramolecular Hbond substituents is 1. The van der Waals surface area contributed by atoms with Gasteiger partial charge in [-0.1, -0.05) is 36.4 Å². The van der Waals surface area contributed by atoms with Crippen LogP contribution in [-0.4, -0.2) is 5.11 Å². The minimum Gasteiger partial charge on any atom is -0.507 e. The average molecular weight is 392 g/mol. The van der Waals surface area contributed by atoms with Crippen molar-refractivity contribution in [3.8, 4) is 5.75 Å². The fourth-order valence-electron chi connectivity index (χ4n) is 2.12. The number of rotatable bonds is 3. The molecule has 0 bridgehead atoms. The highest BCUT2D eigenvalue weighted by atomic mass is 127. The Labute approximate surface area is 136 Å². The van der Waals surface area contributed by atoms with Gasteiger partial charge in [0.2, 0.25) is 0 Å². The minimum atomic E-state index is 0.346. The van der Waals surface area contributed by atoms with E-state index < -0.39 is 0 Å². The van der Waals surface area contributed by atoms with Crippen LogP contribution in [0.15, 0.2) is 65.6 Å². The van der Waals surface area contributed by atoms with Crippen LogP contribution in [0.5, 0.6) is 5.75 Å². The summed E-state index contributed by atoms with van der Waals surface area (Å²) in [5.41, 5.74) is 1.31. The summed E-state index contributed by atoms with van der Waals surface area (Å²) in [6.45, 7) is 0. The molecule has 20 heavy (non-hydrogen) atoms. The van der Waals surface area contributed by atoms with Gasteiger partial charge in [0.25, 0.3) is 0 Å². The number of aromatic hydroxyl groups is 1. The number of halogens is 1. The Balaban J connectivity index is 1.88. The molecule has 3 rings (SSSR count). The van der Waals surface area contributed by atoms with Gasteiger partial charge in [0.1, 0.15) is 5.75 Å². The number of thioether (sulfide) groups is 1. The normalized spacial score (nSPS) is 10.8. The molecule has 3 aromatic carbocycles. The third-order valence-corrected chi connectivity index (χ3v) is 5.03. The molecule has 0 spiro atoms. The molecule has 100 valence electrons. The third kappa shape index (κ3) is 2.94. The van der Waals surface area contributed by atoms with Crippen LogP contribution in [0.3, 0.4) is 0 Å². The number of fused-ring (bicyclic) bond motifs is 1. The quantitative estimate of drug-likeness (QED) is 0.473. The largest absolute Gasteiger partial charge is 0.507 e. The van der Waals surface area contributed by atoms with Crippen LogP contribution in [0, 0.1) is 3.57 Å². The van der Waals surface area contributed by atoms with Gasteiger partial charge in [-0.15, -0.1) is 11.8 Å². The molecule has 0 saturated carbocycles. The fourth-order valence-corrected chi connectivity index (χ4v) is 3.50. The van der Waals surface area contributed by atoms with Gasteiger partial charge in [-0.3, -0.25) is 0 Å². The van der Waals surface area contributed by atoms with E-state index in [-0.39, 0.29) is 0 Å². The molecule has 0 saturated heterocycles. The fraction of sp³-hybridized carbons (Fsp3) is 0.0588. The summed E-state index contributed by atoms with van der Waals surface area (Å²) < 4.78 is 1.26. The summed E-state index contributed by atoms with van der Waals surface area (Å²) >= 11 is 4.12. The van der Waals surface area contributed by atoms with Crippen molar-refractivity contribution in [1.82, 2.24) is 0 Å².